The number of benzene rings is 1. The maximum atomic E-state index is 11.8. The third-order valence-corrected chi connectivity index (χ3v) is 3.17. The van der Waals surface area contributed by atoms with Gasteiger partial charge in [-0.25, -0.2) is 4.79 Å². The Morgan fingerprint density at radius 2 is 1.86 bits per heavy atom. The van der Waals surface area contributed by atoms with Crippen LogP contribution in [-0.2, 0) is 17.6 Å². The molecule has 110 valence electrons. The van der Waals surface area contributed by atoms with Gasteiger partial charge in [0.1, 0.15) is 0 Å². The Morgan fingerprint density at radius 1 is 1.14 bits per heavy atom. The highest BCUT2D eigenvalue weighted by molar-refractivity contribution is 5.78. The SMILES string of the molecule is Cc1[nH]c(=O)[nH]c(=O)c1CC(=O)NCCc1ccccc1. The summed E-state index contributed by atoms with van der Waals surface area (Å²) in [6, 6.07) is 9.81. The fourth-order valence-electron chi connectivity index (χ4n) is 2.05. The van der Waals surface area contributed by atoms with E-state index in [0.29, 0.717) is 12.2 Å². The molecule has 0 aliphatic carbocycles. The number of carbonyl (C=O) groups is 1. The lowest BCUT2D eigenvalue weighted by molar-refractivity contribution is -0.120. The lowest BCUT2D eigenvalue weighted by Gasteiger charge is -2.06. The summed E-state index contributed by atoms with van der Waals surface area (Å²) in [6.07, 6.45) is 0.681. The average molecular weight is 287 g/mol. The Bertz CT molecular complexity index is 732. The Balaban J connectivity index is 1.91. The van der Waals surface area contributed by atoms with Gasteiger partial charge in [-0.05, 0) is 18.9 Å². The van der Waals surface area contributed by atoms with Gasteiger partial charge in [-0.15, -0.1) is 0 Å². The van der Waals surface area contributed by atoms with Crippen molar-refractivity contribution in [1.82, 2.24) is 15.3 Å². The molecule has 1 aromatic heterocycles. The van der Waals surface area contributed by atoms with Crippen LogP contribution in [0.15, 0.2) is 39.9 Å². The molecule has 1 amide bonds. The van der Waals surface area contributed by atoms with Crippen LogP contribution in [0.1, 0.15) is 16.8 Å². The van der Waals surface area contributed by atoms with Crippen molar-refractivity contribution in [3.8, 4) is 0 Å². The third kappa shape index (κ3) is 4.17. The topological polar surface area (TPSA) is 94.8 Å². The van der Waals surface area contributed by atoms with Gasteiger partial charge in [-0.3, -0.25) is 14.6 Å². The summed E-state index contributed by atoms with van der Waals surface area (Å²) < 4.78 is 0. The Morgan fingerprint density at radius 3 is 2.52 bits per heavy atom. The van der Waals surface area contributed by atoms with Gasteiger partial charge in [0.25, 0.3) is 5.56 Å². The predicted octanol–water partition coefficient (Wildman–Crippen LogP) is 0.273. The van der Waals surface area contributed by atoms with E-state index in [4.69, 9.17) is 0 Å². The molecule has 2 rings (SSSR count). The van der Waals surface area contributed by atoms with Crippen LogP contribution >= 0.6 is 0 Å². The molecule has 6 heteroatoms. The summed E-state index contributed by atoms with van der Waals surface area (Å²) in [5.41, 5.74) is 0.754. The molecule has 0 fully saturated rings. The van der Waals surface area contributed by atoms with Crippen LogP contribution in [0.3, 0.4) is 0 Å². The maximum Gasteiger partial charge on any atom is 0.325 e. The van der Waals surface area contributed by atoms with Crippen molar-refractivity contribution in [2.75, 3.05) is 6.54 Å². The maximum absolute atomic E-state index is 11.8. The molecule has 0 spiro atoms. The smallest absolute Gasteiger partial charge is 0.325 e. The van der Waals surface area contributed by atoms with E-state index in [1.54, 1.807) is 6.92 Å². The zero-order valence-electron chi connectivity index (χ0n) is 11.7. The Labute approximate surface area is 121 Å². The summed E-state index contributed by atoms with van der Waals surface area (Å²) in [4.78, 5) is 39.1. The minimum Gasteiger partial charge on any atom is -0.355 e. The zero-order valence-corrected chi connectivity index (χ0v) is 11.7. The molecular weight excluding hydrogens is 270 g/mol. The van der Waals surface area contributed by atoms with Gasteiger partial charge in [0.15, 0.2) is 0 Å². The first-order valence-corrected chi connectivity index (χ1v) is 6.69. The van der Waals surface area contributed by atoms with Gasteiger partial charge in [-0.1, -0.05) is 30.3 Å². The highest BCUT2D eigenvalue weighted by atomic mass is 16.2. The van der Waals surface area contributed by atoms with Crippen molar-refractivity contribution < 1.29 is 4.79 Å². The molecule has 1 heterocycles. The summed E-state index contributed by atoms with van der Waals surface area (Å²) in [6.45, 7) is 2.10. The molecule has 2 aromatic rings. The number of H-pyrrole nitrogens is 2. The molecule has 0 saturated carbocycles. The van der Waals surface area contributed by atoms with E-state index in [9.17, 15) is 14.4 Å². The number of amides is 1. The van der Waals surface area contributed by atoms with Gasteiger partial charge >= 0.3 is 5.69 Å². The van der Waals surface area contributed by atoms with E-state index in [2.05, 4.69) is 15.3 Å². The van der Waals surface area contributed by atoms with E-state index in [0.717, 1.165) is 12.0 Å². The lowest BCUT2D eigenvalue weighted by Crippen LogP contribution is -2.33. The predicted molar refractivity (Wildman–Crippen MR) is 79.3 cm³/mol. The molecule has 1 aromatic carbocycles. The largest absolute Gasteiger partial charge is 0.355 e. The van der Waals surface area contributed by atoms with Crippen LogP contribution in [0.4, 0.5) is 0 Å². The summed E-state index contributed by atoms with van der Waals surface area (Å²) >= 11 is 0. The number of hydrogen-bond donors (Lipinski definition) is 3. The first kappa shape index (κ1) is 14.8. The van der Waals surface area contributed by atoms with Crippen LogP contribution < -0.4 is 16.6 Å². The molecule has 0 aliphatic rings. The summed E-state index contributed by atoms with van der Waals surface area (Å²) in [5.74, 6) is -0.244. The monoisotopic (exact) mass is 287 g/mol. The second-order valence-electron chi connectivity index (χ2n) is 4.77. The van der Waals surface area contributed by atoms with Crippen molar-refractivity contribution in [2.45, 2.75) is 19.8 Å². The van der Waals surface area contributed by atoms with Crippen molar-refractivity contribution in [3.05, 3.63) is 68.0 Å². The van der Waals surface area contributed by atoms with Crippen molar-refractivity contribution in [1.29, 1.82) is 0 Å². The van der Waals surface area contributed by atoms with Crippen molar-refractivity contribution in [3.63, 3.8) is 0 Å². The van der Waals surface area contributed by atoms with Crippen LogP contribution in [0, 0.1) is 6.92 Å². The summed E-state index contributed by atoms with van der Waals surface area (Å²) in [7, 11) is 0. The molecular formula is C15H17N3O3. The normalized spacial score (nSPS) is 10.3. The van der Waals surface area contributed by atoms with Crippen molar-refractivity contribution >= 4 is 5.91 Å². The van der Waals surface area contributed by atoms with Gasteiger partial charge < -0.3 is 10.3 Å². The summed E-state index contributed by atoms with van der Waals surface area (Å²) in [5, 5.41) is 2.76. The fourth-order valence-corrected chi connectivity index (χ4v) is 2.05. The lowest BCUT2D eigenvalue weighted by atomic mass is 10.1. The first-order chi connectivity index (χ1) is 10.1. The number of aromatic nitrogens is 2. The van der Waals surface area contributed by atoms with Gasteiger partial charge in [0.05, 0.1) is 6.42 Å². The van der Waals surface area contributed by atoms with E-state index >= 15 is 0 Å². The van der Waals surface area contributed by atoms with Gasteiger partial charge in [-0.2, -0.15) is 0 Å². The fraction of sp³-hybridized carbons (Fsp3) is 0.267. The molecule has 21 heavy (non-hydrogen) atoms. The van der Waals surface area contributed by atoms with Gasteiger partial charge in [0.2, 0.25) is 5.91 Å². The third-order valence-electron chi connectivity index (χ3n) is 3.17. The van der Waals surface area contributed by atoms with Gasteiger partial charge in [0, 0.05) is 17.8 Å². The number of hydrogen-bond acceptors (Lipinski definition) is 3. The van der Waals surface area contributed by atoms with E-state index in [-0.39, 0.29) is 17.9 Å². The minimum absolute atomic E-state index is 0.0489. The molecule has 0 unspecified atom stereocenters. The molecule has 0 radical (unpaired) electrons. The number of aromatic amines is 2. The quantitative estimate of drug-likeness (QED) is 0.737. The van der Waals surface area contributed by atoms with Crippen LogP contribution in [0.5, 0.6) is 0 Å². The van der Waals surface area contributed by atoms with E-state index < -0.39 is 11.2 Å². The zero-order chi connectivity index (χ0) is 15.2. The molecule has 0 aliphatic heterocycles. The van der Waals surface area contributed by atoms with Crippen molar-refractivity contribution in [2.24, 2.45) is 0 Å². The molecule has 3 N–H and O–H groups in total. The Hall–Kier alpha value is -2.63. The second-order valence-corrected chi connectivity index (χ2v) is 4.77. The number of aryl methyl sites for hydroxylation is 1. The molecule has 6 nitrogen and oxygen atoms in total. The number of carbonyl (C=O) groups excluding carboxylic acids is 1. The molecule has 0 atom stereocenters. The van der Waals surface area contributed by atoms with Crippen LogP contribution in [-0.4, -0.2) is 22.4 Å². The first-order valence-electron chi connectivity index (χ1n) is 6.69. The average Bonchev–Trinajstić information content (AvgIpc) is 2.44. The highest BCUT2D eigenvalue weighted by Gasteiger charge is 2.10. The Kier molecular flexibility index (Phi) is 4.71. The standard InChI is InChI=1S/C15H17N3O3/c1-10-12(14(20)18-15(21)17-10)9-13(19)16-8-7-11-5-3-2-4-6-11/h2-6H,7-9H2,1H3,(H,16,19)(H2,17,18,20,21). The van der Waals surface area contributed by atoms with Crippen LogP contribution in [0.25, 0.3) is 0 Å². The van der Waals surface area contributed by atoms with E-state index in [1.807, 2.05) is 30.3 Å². The van der Waals surface area contributed by atoms with E-state index in [1.165, 1.54) is 0 Å². The number of nitrogens with one attached hydrogen (secondary N) is 3. The molecule has 0 bridgehead atoms. The van der Waals surface area contributed by atoms with Crippen LogP contribution in [0.2, 0.25) is 0 Å². The highest BCUT2D eigenvalue weighted by Crippen LogP contribution is 1.99. The second kappa shape index (κ2) is 6.69. The minimum atomic E-state index is -0.564. The number of rotatable bonds is 5. The molecule has 0 saturated heterocycles.